The molecule has 1 saturated heterocycles. The quantitative estimate of drug-likeness (QED) is 0.144. The molecule has 45 heavy (non-hydrogen) atoms. The molecule has 0 spiro atoms. The predicted octanol–water partition coefficient (Wildman–Crippen LogP) is 7.95. The van der Waals surface area contributed by atoms with Gasteiger partial charge in [-0.05, 0) is 47.7 Å². The normalized spacial score (nSPS) is 20.3. The van der Waals surface area contributed by atoms with E-state index in [1.54, 1.807) is 6.92 Å². The van der Waals surface area contributed by atoms with Gasteiger partial charge in [0.1, 0.15) is 30.5 Å². The first-order valence-corrected chi connectivity index (χ1v) is 15.3. The van der Waals surface area contributed by atoms with Crippen LogP contribution in [0, 0.1) is 11.6 Å². The molecule has 5 rings (SSSR count). The zero-order chi connectivity index (χ0) is 31.6. The Balaban J connectivity index is 1.42. The number of ether oxygens (including phenoxy) is 3. The molecule has 0 N–H and O–H groups in total. The second kappa shape index (κ2) is 16.0. The largest absolute Gasteiger partial charge is 0.369 e. The average molecular weight is 616 g/mol. The lowest BCUT2D eigenvalue weighted by Crippen LogP contribution is -2.64. The SMILES string of the molecule is C=C(C)c1cc(F)c(CCN2C[C@H](OCc3ccccc3)[C@@H](OCc3ccccc3)[C@H](OCc3ccccc3)[C@H]2CF)c(F)c1. The lowest BCUT2D eigenvalue weighted by molar-refractivity contribution is -0.205. The van der Waals surface area contributed by atoms with E-state index in [-0.39, 0.29) is 25.1 Å². The Morgan fingerprint density at radius 1 is 0.733 bits per heavy atom. The van der Waals surface area contributed by atoms with E-state index in [0.29, 0.717) is 30.9 Å². The van der Waals surface area contributed by atoms with Crippen LogP contribution in [0.25, 0.3) is 5.57 Å². The summed E-state index contributed by atoms with van der Waals surface area (Å²) in [6.07, 6.45) is -1.76. The summed E-state index contributed by atoms with van der Waals surface area (Å²) in [7, 11) is 0. The van der Waals surface area contributed by atoms with Gasteiger partial charge in [-0.1, -0.05) is 103 Å². The van der Waals surface area contributed by atoms with Gasteiger partial charge in [0.05, 0.1) is 32.0 Å². The van der Waals surface area contributed by atoms with Gasteiger partial charge >= 0.3 is 0 Å². The third-order valence-electron chi connectivity index (χ3n) is 8.27. The lowest BCUT2D eigenvalue weighted by Gasteiger charge is -2.47. The average Bonchev–Trinajstić information content (AvgIpc) is 3.06. The summed E-state index contributed by atoms with van der Waals surface area (Å²) in [4.78, 5) is 1.89. The minimum Gasteiger partial charge on any atom is -0.369 e. The van der Waals surface area contributed by atoms with Gasteiger partial charge in [-0.3, -0.25) is 4.90 Å². The van der Waals surface area contributed by atoms with Gasteiger partial charge in [0, 0.05) is 18.7 Å². The van der Waals surface area contributed by atoms with E-state index in [4.69, 9.17) is 14.2 Å². The van der Waals surface area contributed by atoms with Crippen LogP contribution >= 0.6 is 0 Å². The molecule has 0 radical (unpaired) electrons. The third-order valence-corrected chi connectivity index (χ3v) is 8.27. The number of hydrogen-bond donors (Lipinski definition) is 0. The van der Waals surface area contributed by atoms with Crippen LogP contribution in [0.2, 0.25) is 0 Å². The van der Waals surface area contributed by atoms with Crippen molar-refractivity contribution in [3.05, 3.63) is 149 Å². The molecule has 0 aliphatic carbocycles. The smallest absolute Gasteiger partial charge is 0.129 e. The maximum atomic E-state index is 15.1. The van der Waals surface area contributed by atoms with Crippen molar-refractivity contribution in [2.75, 3.05) is 19.8 Å². The highest BCUT2D eigenvalue weighted by atomic mass is 19.1. The summed E-state index contributed by atoms with van der Waals surface area (Å²) in [5.41, 5.74) is 3.86. The fourth-order valence-electron chi connectivity index (χ4n) is 5.76. The number of rotatable bonds is 14. The Labute approximate surface area is 264 Å². The molecule has 0 unspecified atom stereocenters. The lowest BCUT2D eigenvalue weighted by atomic mass is 9.92. The number of likely N-dealkylation sites (tertiary alicyclic amines) is 1. The zero-order valence-electron chi connectivity index (χ0n) is 25.6. The number of nitrogens with zero attached hydrogens (tertiary/aromatic N) is 1. The fraction of sp³-hybridized carbons (Fsp3) is 0.316. The molecule has 0 bridgehead atoms. The van der Waals surface area contributed by atoms with Crippen molar-refractivity contribution in [2.45, 2.75) is 57.5 Å². The molecular formula is C38H40F3NO3. The monoisotopic (exact) mass is 615 g/mol. The van der Waals surface area contributed by atoms with Crippen molar-refractivity contribution in [2.24, 2.45) is 0 Å². The molecular weight excluding hydrogens is 575 g/mol. The van der Waals surface area contributed by atoms with Crippen molar-refractivity contribution in [3.8, 4) is 0 Å². The first-order chi connectivity index (χ1) is 21.9. The number of hydrogen-bond acceptors (Lipinski definition) is 4. The first-order valence-electron chi connectivity index (χ1n) is 15.3. The Kier molecular flexibility index (Phi) is 11.6. The van der Waals surface area contributed by atoms with Crippen LogP contribution in [0.3, 0.4) is 0 Å². The molecule has 0 aromatic heterocycles. The summed E-state index contributed by atoms with van der Waals surface area (Å²) in [6, 6.07) is 31.1. The third kappa shape index (κ3) is 8.70. The van der Waals surface area contributed by atoms with Crippen LogP contribution in [0.4, 0.5) is 13.2 Å². The standard InChI is InChI=1S/C38H40F3NO3/c1-27(2)31-20-33(40)32(34(41)21-31)18-19-42-23-36(43-24-28-12-6-3-7-13-28)38(45-26-30-16-10-5-11-17-30)37(35(42)22-39)44-25-29-14-8-4-9-15-29/h3-17,20-21,35-38H,1,18-19,22-26H2,2H3/t35-,36+,37-,38-/m1/s1. The van der Waals surface area contributed by atoms with Gasteiger partial charge in [0.15, 0.2) is 0 Å². The van der Waals surface area contributed by atoms with Gasteiger partial charge in [-0.25, -0.2) is 13.2 Å². The highest BCUT2D eigenvalue weighted by Gasteiger charge is 2.46. The molecule has 1 fully saturated rings. The fourth-order valence-corrected chi connectivity index (χ4v) is 5.76. The Morgan fingerprint density at radius 2 is 1.20 bits per heavy atom. The van der Waals surface area contributed by atoms with Crippen molar-refractivity contribution < 1.29 is 27.4 Å². The number of alkyl halides is 1. The summed E-state index contributed by atoms with van der Waals surface area (Å²) in [5.74, 6) is -1.28. The van der Waals surface area contributed by atoms with Crippen LogP contribution < -0.4 is 0 Å². The first kappa shape index (κ1) is 32.6. The van der Waals surface area contributed by atoms with Gasteiger partial charge < -0.3 is 14.2 Å². The number of allylic oxidation sites excluding steroid dienone is 1. The van der Waals surface area contributed by atoms with E-state index in [2.05, 4.69) is 6.58 Å². The van der Waals surface area contributed by atoms with Crippen molar-refractivity contribution >= 4 is 5.57 Å². The Hall–Kier alpha value is -3.75. The van der Waals surface area contributed by atoms with Gasteiger partial charge in [-0.2, -0.15) is 0 Å². The minimum atomic E-state index is -0.727. The van der Waals surface area contributed by atoms with Crippen molar-refractivity contribution in [3.63, 3.8) is 0 Å². The Bertz CT molecular complexity index is 1480. The summed E-state index contributed by atoms with van der Waals surface area (Å²) in [6.45, 7) is 6.15. The maximum absolute atomic E-state index is 15.1. The van der Waals surface area contributed by atoms with E-state index in [1.165, 1.54) is 12.1 Å². The highest BCUT2D eigenvalue weighted by Crippen LogP contribution is 2.30. The number of piperidine rings is 1. The predicted molar refractivity (Wildman–Crippen MR) is 171 cm³/mol. The van der Waals surface area contributed by atoms with E-state index < -0.39 is 42.7 Å². The highest BCUT2D eigenvalue weighted by molar-refractivity contribution is 5.61. The van der Waals surface area contributed by atoms with E-state index >= 15 is 13.2 Å². The molecule has 7 heteroatoms. The molecule has 0 saturated carbocycles. The number of benzene rings is 4. The second-order valence-electron chi connectivity index (χ2n) is 11.5. The Morgan fingerprint density at radius 3 is 1.67 bits per heavy atom. The topological polar surface area (TPSA) is 30.9 Å². The van der Waals surface area contributed by atoms with E-state index in [0.717, 1.165) is 16.7 Å². The van der Waals surface area contributed by atoms with Crippen LogP contribution in [0.1, 0.15) is 34.7 Å². The second-order valence-corrected chi connectivity index (χ2v) is 11.5. The van der Waals surface area contributed by atoms with Gasteiger partial charge in [0.2, 0.25) is 0 Å². The molecule has 4 nitrogen and oxygen atoms in total. The van der Waals surface area contributed by atoms with E-state index in [1.807, 2.05) is 95.9 Å². The molecule has 0 amide bonds. The van der Waals surface area contributed by atoms with Crippen molar-refractivity contribution in [1.82, 2.24) is 4.90 Å². The van der Waals surface area contributed by atoms with Crippen molar-refractivity contribution in [1.29, 1.82) is 0 Å². The summed E-state index contributed by atoms with van der Waals surface area (Å²) >= 11 is 0. The molecule has 4 atom stereocenters. The number of halogens is 3. The molecule has 1 heterocycles. The minimum absolute atomic E-state index is 0.0384. The van der Waals surface area contributed by atoms with Crippen LogP contribution in [-0.2, 0) is 40.5 Å². The molecule has 4 aromatic rings. The van der Waals surface area contributed by atoms with Gasteiger partial charge in [0.25, 0.3) is 0 Å². The molecule has 4 aromatic carbocycles. The van der Waals surface area contributed by atoms with Crippen LogP contribution in [0.5, 0.6) is 0 Å². The molecule has 1 aliphatic heterocycles. The molecule has 236 valence electrons. The van der Waals surface area contributed by atoms with E-state index in [9.17, 15) is 0 Å². The van der Waals surface area contributed by atoms with Crippen LogP contribution in [-0.4, -0.2) is 49.0 Å². The summed E-state index contributed by atoms with van der Waals surface area (Å²) < 4.78 is 64.7. The zero-order valence-corrected chi connectivity index (χ0v) is 25.6. The summed E-state index contributed by atoms with van der Waals surface area (Å²) in [5, 5.41) is 0. The van der Waals surface area contributed by atoms with Gasteiger partial charge in [-0.15, -0.1) is 0 Å². The maximum Gasteiger partial charge on any atom is 0.129 e. The molecule has 1 aliphatic rings. The van der Waals surface area contributed by atoms with Crippen LogP contribution in [0.15, 0.2) is 110 Å².